The summed E-state index contributed by atoms with van der Waals surface area (Å²) in [5.41, 5.74) is 0. The highest BCUT2D eigenvalue weighted by Crippen LogP contribution is 2.26. The maximum Gasteiger partial charge on any atom is 0.0434 e. The SMILES string of the molecule is CCCC(CCO)CNC1CCCC(CC)C1. The largest absolute Gasteiger partial charge is 0.396 e. The molecule has 1 saturated carbocycles. The summed E-state index contributed by atoms with van der Waals surface area (Å²) in [5.74, 6) is 1.62. The van der Waals surface area contributed by atoms with Crippen LogP contribution in [0.3, 0.4) is 0 Å². The molecule has 102 valence electrons. The van der Waals surface area contributed by atoms with Gasteiger partial charge in [0.1, 0.15) is 0 Å². The van der Waals surface area contributed by atoms with Gasteiger partial charge >= 0.3 is 0 Å². The van der Waals surface area contributed by atoms with E-state index in [0.29, 0.717) is 12.5 Å². The van der Waals surface area contributed by atoms with Crippen LogP contribution in [0, 0.1) is 11.8 Å². The minimum Gasteiger partial charge on any atom is -0.396 e. The van der Waals surface area contributed by atoms with E-state index in [2.05, 4.69) is 19.2 Å². The molecule has 3 atom stereocenters. The van der Waals surface area contributed by atoms with Crippen LogP contribution in [-0.2, 0) is 0 Å². The smallest absolute Gasteiger partial charge is 0.0434 e. The first-order valence-electron chi connectivity index (χ1n) is 7.64. The molecular formula is C15H31NO. The third-order valence-electron chi connectivity index (χ3n) is 4.29. The molecule has 0 radical (unpaired) electrons. The van der Waals surface area contributed by atoms with E-state index in [4.69, 9.17) is 5.11 Å². The summed E-state index contributed by atoms with van der Waals surface area (Å²) in [6.07, 6.45) is 10.3. The monoisotopic (exact) mass is 241 g/mol. The second-order valence-electron chi connectivity index (χ2n) is 5.71. The summed E-state index contributed by atoms with van der Waals surface area (Å²) in [7, 11) is 0. The normalized spacial score (nSPS) is 27.0. The second kappa shape index (κ2) is 8.93. The minimum absolute atomic E-state index is 0.342. The molecule has 17 heavy (non-hydrogen) atoms. The van der Waals surface area contributed by atoms with Crippen molar-refractivity contribution in [1.82, 2.24) is 5.32 Å². The van der Waals surface area contributed by atoms with Crippen LogP contribution < -0.4 is 5.32 Å². The number of aliphatic hydroxyl groups is 1. The lowest BCUT2D eigenvalue weighted by atomic mass is 9.84. The average Bonchev–Trinajstić information content (AvgIpc) is 2.37. The van der Waals surface area contributed by atoms with Crippen molar-refractivity contribution in [2.75, 3.05) is 13.2 Å². The van der Waals surface area contributed by atoms with E-state index >= 15 is 0 Å². The Labute approximate surface area is 107 Å². The number of rotatable bonds is 8. The van der Waals surface area contributed by atoms with Crippen molar-refractivity contribution in [3.8, 4) is 0 Å². The second-order valence-corrected chi connectivity index (χ2v) is 5.71. The predicted molar refractivity (Wildman–Crippen MR) is 74.1 cm³/mol. The third kappa shape index (κ3) is 5.87. The van der Waals surface area contributed by atoms with Crippen molar-refractivity contribution in [3.63, 3.8) is 0 Å². The number of nitrogens with one attached hydrogen (secondary N) is 1. The Morgan fingerprint density at radius 2 is 2.06 bits per heavy atom. The fourth-order valence-corrected chi connectivity index (χ4v) is 3.12. The Morgan fingerprint density at radius 3 is 2.71 bits per heavy atom. The van der Waals surface area contributed by atoms with Crippen LogP contribution in [0.5, 0.6) is 0 Å². The lowest BCUT2D eigenvalue weighted by molar-refractivity contribution is 0.230. The van der Waals surface area contributed by atoms with Crippen molar-refractivity contribution < 1.29 is 5.11 Å². The molecule has 0 spiro atoms. The summed E-state index contributed by atoms with van der Waals surface area (Å²) < 4.78 is 0. The average molecular weight is 241 g/mol. The zero-order chi connectivity index (χ0) is 12.5. The van der Waals surface area contributed by atoms with Gasteiger partial charge in [-0.05, 0) is 44.1 Å². The van der Waals surface area contributed by atoms with E-state index in [9.17, 15) is 0 Å². The summed E-state index contributed by atoms with van der Waals surface area (Å²) in [6.45, 7) is 6.00. The molecule has 0 aromatic carbocycles. The molecule has 0 amide bonds. The Morgan fingerprint density at radius 1 is 1.24 bits per heavy atom. The van der Waals surface area contributed by atoms with Crippen molar-refractivity contribution >= 4 is 0 Å². The molecule has 0 saturated heterocycles. The molecule has 0 bridgehead atoms. The Bertz CT molecular complexity index is 178. The van der Waals surface area contributed by atoms with Gasteiger partial charge in [0.2, 0.25) is 0 Å². The van der Waals surface area contributed by atoms with Gasteiger partial charge in [0.05, 0.1) is 0 Å². The Hall–Kier alpha value is -0.0800. The fraction of sp³-hybridized carbons (Fsp3) is 1.00. The maximum absolute atomic E-state index is 9.05. The fourth-order valence-electron chi connectivity index (χ4n) is 3.12. The summed E-state index contributed by atoms with van der Waals surface area (Å²) >= 11 is 0. The quantitative estimate of drug-likeness (QED) is 0.683. The van der Waals surface area contributed by atoms with Gasteiger partial charge in [-0.2, -0.15) is 0 Å². The standard InChI is InChI=1S/C15H31NO/c1-3-6-14(9-10-17)12-16-15-8-5-7-13(4-2)11-15/h13-17H,3-12H2,1-2H3. The molecule has 1 rings (SSSR count). The molecule has 0 aromatic rings. The minimum atomic E-state index is 0.342. The van der Waals surface area contributed by atoms with E-state index in [-0.39, 0.29) is 0 Å². The number of hydrogen-bond donors (Lipinski definition) is 2. The molecule has 0 aromatic heterocycles. The lowest BCUT2D eigenvalue weighted by Crippen LogP contribution is -2.37. The van der Waals surface area contributed by atoms with Crippen molar-refractivity contribution in [1.29, 1.82) is 0 Å². The first-order valence-corrected chi connectivity index (χ1v) is 7.64. The molecule has 1 aliphatic rings. The van der Waals surface area contributed by atoms with Crippen LogP contribution in [0.2, 0.25) is 0 Å². The van der Waals surface area contributed by atoms with Gasteiger partial charge in [-0.25, -0.2) is 0 Å². The van der Waals surface area contributed by atoms with Gasteiger partial charge < -0.3 is 10.4 Å². The predicted octanol–water partition coefficient (Wildman–Crippen LogP) is 3.34. The van der Waals surface area contributed by atoms with Gasteiger partial charge in [-0.3, -0.25) is 0 Å². The zero-order valence-corrected chi connectivity index (χ0v) is 11.8. The highest BCUT2D eigenvalue weighted by atomic mass is 16.3. The molecule has 1 aliphatic carbocycles. The Kier molecular flexibility index (Phi) is 7.87. The molecule has 2 heteroatoms. The van der Waals surface area contributed by atoms with Crippen LogP contribution in [0.1, 0.15) is 65.2 Å². The highest BCUT2D eigenvalue weighted by molar-refractivity contribution is 4.78. The molecule has 0 aliphatic heterocycles. The van der Waals surface area contributed by atoms with E-state index in [1.54, 1.807) is 0 Å². The van der Waals surface area contributed by atoms with E-state index in [1.165, 1.54) is 44.9 Å². The van der Waals surface area contributed by atoms with Gasteiger partial charge in [-0.15, -0.1) is 0 Å². The number of aliphatic hydroxyl groups excluding tert-OH is 1. The maximum atomic E-state index is 9.05. The van der Waals surface area contributed by atoms with Gasteiger partial charge in [-0.1, -0.05) is 39.5 Å². The molecular weight excluding hydrogens is 210 g/mol. The van der Waals surface area contributed by atoms with Crippen LogP contribution in [0.15, 0.2) is 0 Å². The number of hydrogen-bond acceptors (Lipinski definition) is 2. The van der Waals surface area contributed by atoms with Crippen molar-refractivity contribution in [2.45, 2.75) is 71.3 Å². The van der Waals surface area contributed by atoms with E-state index in [0.717, 1.165) is 24.9 Å². The van der Waals surface area contributed by atoms with Crippen LogP contribution in [0.4, 0.5) is 0 Å². The first kappa shape index (κ1) is 15.0. The molecule has 2 nitrogen and oxygen atoms in total. The van der Waals surface area contributed by atoms with Crippen LogP contribution >= 0.6 is 0 Å². The Balaban J connectivity index is 2.22. The molecule has 0 heterocycles. The van der Waals surface area contributed by atoms with E-state index < -0.39 is 0 Å². The third-order valence-corrected chi connectivity index (χ3v) is 4.29. The topological polar surface area (TPSA) is 32.3 Å². The highest BCUT2D eigenvalue weighted by Gasteiger charge is 2.20. The summed E-state index contributed by atoms with van der Waals surface area (Å²) in [5, 5.41) is 12.8. The lowest BCUT2D eigenvalue weighted by Gasteiger charge is -2.30. The molecule has 3 unspecified atom stereocenters. The molecule has 1 fully saturated rings. The zero-order valence-electron chi connectivity index (χ0n) is 11.8. The van der Waals surface area contributed by atoms with Gasteiger partial charge in [0.15, 0.2) is 0 Å². The summed E-state index contributed by atoms with van der Waals surface area (Å²) in [4.78, 5) is 0. The van der Waals surface area contributed by atoms with E-state index in [1.807, 2.05) is 0 Å². The van der Waals surface area contributed by atoms with Gasteiger partial charge in [0, 0.05) is 12.6 Å². The van der Waals surface area contributed by atoms with Crippen molar-refractivity contribution in [2.24, 2.45) is 11.8 Å². The van der Waals surface area contributed by atoms with Crippen LogP contribution in [0.25, 0.3) is 0 Å². The molecule has 2 N–H and O–H groups in total. The first-order chi connectivity index (χ1) is 8.30. The van der Waals surface area contributed by atoms with Gasteiger partial charge in [0.25, 0.3) is 0 Å². The van der Waals surface area contributed by atoms with Crippen molar-refractivity contribution in [3.05, 3.63) is 0 Å². The van der Waals surface area contributed by atoms with Crippen LogP contribution in [-0.4, -0.2) is 24.3 Å². The summed E-state index contributed by atoms with van der Waals surface area (Å²) in [6, 6.07) is 0.742.